The van der Waals surface area contributed by atoms with Gasteiger partial charge < -0.3 is 5.73 Å². The van der Waals surface area contributed by atoms with Gasteiger partial charge in [0.25, 0.3) is 0 Å². The summed E-state index contributed by atoms with van der Waals surface area (Å²) in [6.45, 7) is 10.4. The minimum atomic E-state index is 0.594. The van der Waals surface area contributed by atoms with E-state index < -0.39 is 0 Å². The highest BCUT2D eigenvalue weighted by molar-refractivity contribution is 6.00. The minimum Gasteiger partial charge on any atom is -0.399 e. The number of aromatic nitrogens is 1. The van der Waals surface area contributed by atoms with Crippen LogP contribution in [-0.4, -0.2) is 4.98 Å². The summed E-state index contributed by atoms with van der Waals surface area (Å²) in [4.78, 5) is 5.04. The molecule has 2 aromatic carbocycles. The lowest BCUT2D eigenvalue weighted by atomic mass is 9.96. The van der Waals surface area contributed by atoms with E-state index >= 15 is 0 Å². The zero-order valence-electron chi connectivity index (χ0n) is 15.0. The molecule has 0 unspecified atom stereocenters. The predicted molar refractivity (Wildman–Crippen MR) is 107 cm³/mol. The van der Waals surface area contributed by atoms with E-state index in [-0.39, 0.29) is 0 Å². The van der Waals surface area contributed by atoms with Gasteiger partial charge in [0.15, 0.2) is 0 Å². The zero-order valence-corrected chi connectivity index (χ0v) is 15.0. The lowest BCUT2D eigenvalue weighted by Crippen LogP contribution is -2.02. The molecule has 0 atom stereocenters. The van der Waals surface area contributed by atoms with Crippen molar-refractivity contribution in [3.05, 3.63) is 82.6 Å². The molecule has 0 spiro atoms. The Kier molecular flexibility index (Phi) is 3.50. The number of rotatable bonds is 2. The number of hydrogen-bond acceptors (Lipinski definition) is 2. The highest BCUT2D eigenvalue weighted by Crippen LogP contribution is 2.39. The van der Waals surface area contributed by atoms with Crippen LogP contribution in [0.5, 0.6) is 0 Å². The quantitative estimate of drug-likeness (QED) is 0.697. The first kappa shape index (κ1) is 15.6. The van der Waals surface area contributed by atoms with Crippen molar-refractivity contribution in [1.29, 1.82) is 0 Å². The van der Waals surface area contributed by atoms with E-state index in [0.717, 1.165) is 28.6 Å². The van der Waals surface area contributed by atoms with Gasteiger partial charge in [-0.15, -0.1) is 0 Å². The second-order valence-electron chi connectivity index (χ2n) is 6.94. The van der Waals surface area contributed by atoms with Gasteiger partial charge in [-0.05, 0) is 60.2 Å². The van der Waals surface area contributed by atoms with Gasteiger partial charge in [-0.2, -0.15) is 0 Å². The third-order valence-electron chi connectivity index (χ3n) is 5.27. The number of nitrogens with zero attached hydrogens (tertiary/aromatic N) is 1. The van der Waals surface area contributed by atoms with E-state index in [1.165, 1.54) is 33.4 Å². The Bertz CT molecular complexity index is 1070. The molecule has 25 heavy (non-hydrogen) atoms. The summed E-state index contributed by atoms with van der Waals surface area (Å²) in [5, 5.41) is 1.12. The largest absolute Gasteiger partial charge is 0.399 e. The maximum absolute atomic E-state index is 6.15. The molecular formula is C23H22N2. The molecule has 124 valence electrons. The third kappa shape index (κ3) is 2.37. The summed E-state index contributed by atoms with van der Waals surface area (Å²) in [5.74, 6) is 0. The first-order valence-corrected chi connectivity index (χ1v) is 8.61. The fourth-order valence-corrected chi connectivity index (χ4v) is 3.86. The Morgan fingerprint density at radius 3 is 2.48 bits per heavy atom. The molecule has 2 N–H and O–H groups in total. The van der Waals surface area contributed by atoms with Crippen molar-refractivity contribution in [2.75, 3.05) is 0 Å². The van der Waals surface area contributed by atoms with Crippen LogP contribution in [0.15, 0.2) is 49.0 Å². The summed E-state index contributed by atoms with van der Waals surface area (Å²) < 4.78 is 0. The molecule has 1 aliphatic carbocycles. The number of aryl methyl sites for hydroxylation is 2. The Hall–Kier alpha value is -2.87. The van der Waals surface area contributed by atoms with Gasteiger partial charge in [-0.25, -0.2) is 4.98 Å². The Morgan fingerprint density at radius 1 is 1.04 bits per heavy atom. The van der Waals surface area contributed by atoms with Gasteiger partial charge in [0, 0.05) is 23.1 Å². The summed E-state index contributed by atoms with van der Waals surface area (Å²) in [7, 11) is 0. The van der Waals surface area contributed by atoms with Crippen LogP contribution in [0.25, 0.3) is 27.7 Å². The second-order valence-corrected chi connectivity index (χ2v) is 6.94. The lowest BCUT2D eigenvalue weighted by Gasteiger charge is -2.14. The molecule has 0 radical (unpaired) electrons. The van der Waals surface area contributed by atoms with Crippen molar-refractivity contribution in [1.82, 2.24) is 4.98 Å². The third-order valence-corrected chi connectivity index (χ3v) is 5.27. The molecule has 1 heterocycles. The number of benzene rings is 2. The summed E-state index contributed by atoms with van der Waals surface area (Å²) in [5.41, 5.74) is 17.4. The summed E-state index contributed by atoms with van der Waals surface area (Å²) in [6, 6.07) is 15.0. The highest BCUT2D eigenvalue weighted by atomic mass is 14.7. The fourth-order valence-electron chi connectivity index (χ4n) is 3.86. The van der Waals surface area contributed by atoms with Gasteiger partial charge in [-0.1, -0.05) is 43.0 Å². The predicted octanol–water partition coefficient (Wildman–Crippen LogP) is 5.27. The molecule has 0 aliphatic heterocycles. The monoisotopic (exact) mass is 326 g/mol. The average Bonchev–Trinajstić information content (AvgIpc) is 2.94. The van der Waals surface area contributed by atoms with Gasteiger partial charge >= 0.3 is 0 Å². The van der Waals surface area contributed by atoms with Crippen LogP contribution in [0.3, 0.4) is 0 Å². The molecule has 1 aromatic heterocycles. The molecule has 0 saturated heterocycles. The standard InChI is InChI=1S/C23H22N2/c1-13-9-10-14(2)23-22(13)20(16(4)24)12-21(25-23)19-11-17-7-5-6-8-18(17)15(19)3/h5-10,12H,4,11,24H2,1-3H3. The Morgan fingerprint density at radius 2 is 1.76 bits per heavy atom. The lowest BCUT2D eigenvalue weighted by molar-refractivity contribution is 1.24. The fraction of sp³-hybridized carbons (Fsp3) is 0.174. The van der Waals surface area contributed by atoms with E-state index in [4.69, 9.17) is 10.7 Å². The van der Waals surface area contributed by atoms with Crippen molar-refractivity contribution in [2.45, 2.75) is 27.2 Å². The minimum absolute atomic E-state index is 0.594. The molecule has 0 fully saturated rings. The van der Waals surface area contributed by atoms with Crippen molar-refractivity contribution in [3.8, 4) is 0 Å². The number of allylic oxidation sites excluding steroid dienone is 2. The summed E-state index contributed by atoms with van der Waals surface area (Å²) >= 11 is 0. The molecular weight excluding hydrogens is 304 g/mol. The molecule has 2 heteroatoms. The Labute approximate surface area is 148 Å². The van der Waals surface area contributed by atoms with Crippen LogP contribution < -0.4 is 5.73 Å². The van der Waals surface area contributed by atoms with Gasteiger partial charge in [0.2, 0.25) is 0 Å². The van der Waals surface area contributed by atoms with Crippen LogP contribution in [0.2, 0.25) is 0 Å². The van der Waals surface area contributed by atoms with Crippen LogP contribution >= 0.6 is 0 Å². The topological polar surface area (TPSA) is 38.9 Å². The molecule has 3 aromatic rings. The molecule has 4 rings (SSSR count). The maximum Gasteiger partial charge on any atom is 0.0747 e. The normalized spacial score (nSPS) is 13.4. The van der Waals surface area contributed by atoms with E-state index in [1.807, 2.05) is 0 Å². The number of fused-ring (bicyclic) bond motifs is 2. The van der Waals surface area contributed by atoms with Crippen molar-refractivity contribution >= 4 is 27.7 Å². The average molecular weight is 326 g/mol. The highest BCUT2D eigenvalue weighted by Gasteiger charge is 2.22. The van der Waals surface area contributed by atoms with Crippen LogP contribution in [0.4, 0.5) is 0 Å². The van der Waals surface area contributed by atoms with E-state index in [2.05, 4.69) is 69.8 Å². The second kappa shape index (κ2) is 5.59. The van der Waals surface area contributed by atoms with E-state index in [1.54, 1.807) is 0 Å². The molecule has 0 amide bonds. The van der Waals surface area contributed by atoms with Gasteiger partial charge in [0.05, 0.1) is 11.2 Å². The van der Waals surface area contributed by atoms with Crippen LogP contribution in [0, 0.1) is 13.8 Å². The summed E-state index contributed by atoms with van der Waals surface area (Å²) in [6.07, 6.45) is 0.919. The van der Waals surface area contributed by atoms with Crippen LogP contribution in [0.1, 0.15) is 40.4 Å². The molecule has 1 aliphatic rings. The molecule has 2 nitrogen and oxygen atoms in total. The van der Waals surface area contributed by atoms with Crippen molar-refractivity contribution < 1.29 is 0 Å². The van der Waals surface area contributed by atoms with Crippen molar-refractivity contribution in [3.63, 3.8) is 0 Å². The zero-order chi connectivity index (χ0) is 17.7. The maximum atomic E-state index is 6.15. The van der Waals surface area contributed by atoms with Gasteiger partial charge in [-0.3, -0.25) is 0 Å². The van der Waals surface area contributed by atoms with Crippen LogP contribution in [-0.2, 0) is 6.42 Å². The number of hydrogen-bond donors (Lipinski definition) is 1. The number of nitrogens with two attached hydrogens (primary N) is 1. The molecule has 0 bridgehead atoms. The molecule has 0 saturated carbocycles. The SMILES string of the molecule is C=C(N)c1cc(C2=C(C)c3ccccc3C2)nc2c(C)ccc(C)c12. The van der Waals surface area contributed by atoms with E-state index in [9.17, 15) is 0 Å². The first-order chi connectivity index (χ1) is 12.0. The smallest absolute Gasteiger partial charge is 0.0747 e. The van der Waals surface area contributed by atoms with Crippen molar-refractivity contribution in [2.24, 2.45) is 5.73 Å². The van der Waals surface area contributed by atoms with Gasteiger partial charge in [0.1, 0.15) is 0 Å². The van der Waals surface area contributed by atoms with E-state index in [0.29, 0.717) is 5.70 Å². The first-order valence-electron chi connectivity index (χ1n) is 8.61. The Balaban J connectivity index is 2.01. The number of pyridine rings is 1.